The van der Waals surface area contributed by atoms with Crippen LogP contribution in [0.2, 0.25) is 0 Å². The summed E-state index contributed by atoms with van der Waals surface area (Å²) < 4.78 is 9.62. The summed E-state index contributed by atoms with van der Waals surface area (Å²) in [6.45, 7) is 25.4. The predicted molar refractivity (Wildman–Crippen MR) is 275 cm³/mol. The Morgan fingerprint density at radius 3 is 1.72 bits per heavy atom. The number of rotatable bonds is 8. The average molecular weight is 837 g/mol. The van der Waals surface area contributed by atoms with Gasteiger partial charge in [0.2, 0.25) is 0 Å². The average Bonchev–Trinajstić information content (AvgIpc) is 3.85. The highest BCUT2D eigenvalue weighted by Gasteiger charge is 2.28. The zero-order valence-electron chi connectivity index (χ0n) is 39.4. The molecule has 0 fully saturated rings. The van der Waals surface area contributed by atoms with Crippen LogP contribution in [-0.4, -0.2) is 9.55 Å². The van der Waals surface area contributed by atoms with Crippen LogP contribution in [0.25, 0.3) is 93.8 Å². The molecule has 0 aliphatic carbocycles. The lowest BCUT2D eigenvalue weighted by atomic mass is 9.83. The molecule has 3 nitrogen and oxygen atoms in total. The van der Waals surface area contributed by atoms with Gasteiger partial charge in [0.05, 0.1) is 22.3 Å². The minimum Gasteiger partial charge on any atom is -0.455 e. The molecule has 0 saturated heterocycles. The number of benzene rings is 8. The highest BCUT2D eigenvalue weighted by atomic mass is 16.3. The second-order valence-corrected chi connectivity index (χ2v) is 20.4. The van der Waals surface area contributed by atoms with Gasteiger partial charge < -0.3 is 4.42 Å². The Balaban J connectivity index is 1.19. The molecule has 0 saturated carbocycles. The van der Waals surface area contributed by atoms with Gasteiger partial charge in [0.25, 0.3) is 0 Å². The normalized spacial score (nSPS) is 12.5. The molecule has 8 aromatic carbocycles. The largest absolute Gasteiger partial charge is 0.455 e. The first-order valence-corrected chi connectivity index (χ1v) is 23.4. The zero-order chi connectivity index (χ0) is 44.8. The number of nitrogens with zero attached hydrogens (tertiary/aromatic N) is 2. The summed E-state index contributed by atoms with van der Waals surface area (Å²) in [4.78, 5) is 5.52. The molecule has 10 aromatic rings. The van der Waals surface area contributed by atoms with Crippen molar-refractivity contribution in [1.82, 2.24) is 9.55 Å². The molecule has 0 unspecified atom stereocenters. The van der Waals surface area contributed by atoms with Crippen molar-refractivity contribution in [3.05, 3.63) is 167 Å². The third-order valence-electron chi connectivity index (χ3n) is 13.6. The fraction of sp³-hybridized carbons (Fsp3) is 0.262. The van der Waals surface area contributed by atoms with Crippen molar-refractivity contribution in [1.29, 1.82) is 0 Å². The summed E-state index contributed by atoms with van der Waals surface area (Å²) in [5.74, 6) is 2.32. The maximum atomic E-state index is 7.17. The van der Waals surface area contributed by atoms with Gasteiger partial charge in [-0.15, -0.1) is 0 Å². The first kappa shape index (κ1) is 41.6. The van der Waals surface area contributed by atoms with E-state index >= 15 is 0 Å². The van der Waals surface area contributed by atoms with Gasteiger partial charge in [-0.2, -0.15) is 0 Å². The molecule has 0 N–H and O–H groups in total. The fourth-order valence-electron chi connectivity index (χ4n) is 9.97. The lowest BCUT2D eigenvalue weighted by molar-refractivity contribution is 0.595. The van der Waals surface area contributed by atoms with Crippen LogP contribution >= 0.6 is 0 Å². The number of fused-ring (bicyclic) bond motifs is 7. The molecule has 0 spiro atoms. The van der Waals surface area contributed by atoms with Crippen LogP contribution in [-0.2, 0) is 5.41 Å². The molecule has 2 aromatic heterocycles. The van der Waals surface area contributed by atoms with Crippen molar-refractivity contribution in [2.24, 2.45) is 0 Å². The van der Waals surface area contributed by atoms with E-state index in [1.807, 2.05) is 0 Å². The Morgan fingerprint density at radius 2 is 1.09 bits per heavy atom. The second kappa shape index (κ2) is 15.7. The molecule has 0 radical (unpaired) electrons. The van der Waals surface area contributed by atoms with Gasteiger partial charge in [-0.3, -0.25) is 4.57 Å². The minimum atomic E-state index is -0.120. The van der Waals surface area contributed by atoms with Crippen LogP contribution in [0.4, 0.5) is 0 Å². The van der Waals surface area contributed by atoms with E-state index in [2.05, 4.69) is 220 Å². The van der Waals surface area contributed by atoms with Crippen LogP contribution in [0.1, 0.15) is 128 Å². The molecule has 320 valence electrons. The van der Waals surface area contributed by atoms with Gasteiger partial charge >= 0.3 is 0 Å². The van der Waals surface area contributed by atoms with Gasteiger partial charge in [-0.05, 0) is 143 Å². The molecule has 0 amide bonds. The van der Waals surface area contributed by atoms with Gasteiger partial charge in [-0.1, -0.05) is 173 Å². The molecule has 3 heteroatoms. The van der Waals surface area contributed by atoms with E-state index in [1.54, 1.807) is 0 Å². The van der Waals surface area contributed by atoms with Crippen molar-refractivity contribution in [2.75, 3.05) is 0 Å². The van der Waals surface area contributed by atoms with Crippen LogP contribution in [0.15, 0.2) is 144 Å². The van der Waals surface area contributed by atoms with Crippen molar-refractivity contribution in [3.8, 4) is 39.3 Å². The van der Waals surface area contributed by atoms with Gasteiger partial charge in [0.15, 0.2) is 0 Å². The first-order chi connectivity index (χ1) is 30.7. The standard InChI is InChI=1S/C61H60N2O/c1-35(2)43-28-44(36(3)4)30-45(29-43)39-20-22-40(23-21-39)46-32-49(37(5)6)58(50(33-46)38(7)8)63-55-19-15-14-18-54(55)62-60(63)48-26-27-53(61(9,10)11)57-52-31-42-25-24-41-16-12-13-17-47(41)51(42)34-56(52)64-59(48)57/h12-38H,1-11H3. The number of aromatic nitrogens is 2. The van der Waals surface area contributed by atoms with E-state index in [1.165, 1.54) is 77.3 Å². The summed E-state index contributed by atoms with van der Waals surface area (Å²) in [5, 5.41) is 7.18. The summed E-state index contributed by atoms with van der Waals surface area (Å²) >= 11 is 0. The van der Waals surface area contributed by atoms with Crippen molar-refractivity contribution < 1.29 is 4.42 Å². The predicted octanol–water partition coefficient (Wildman–Crippen LogP) is 18.0. The lowest BCUT2D eigenvalue weighted by Gasteiger charge is -2.25. The number of hydrogen-bond donors (Lipinski definition) is 0. The van der Waals surface area contributed by atoms with Crippen molar-refractivity contribution in [3.63, 3.8) is 0 Å². The number of hydrogen-bond acceptors (Lipinski definition) is 2. The molecule has 0 aliphatic rings. The van der Waals surface area contributed by atoms with Crippen LogP contribution < -0.4 is 0 Å². The molecule has 2 heterocycles. The zero-order valence-corrected chi connectivity index (χ0v) is 39.4. The summed E-state index contributed by atoms with van der Waals surface area (Å²) in [7, 11) is 0. The second-order valence-electron chi connectivity index (χ2n) is 20.4. The Morgan fingerprint density at radius 1 is 0.500 bits per heavy atom. The molecule has 0 atom stereocenters. The van der Waals surface area contributed by atoms with Crippen LogP contribution in [0, 0.1) is 0 Å². The van der Waals surface area contributed by atoms with E-state index in [-0.39, 0.29) is 17.3 Å². The number of furan rings is 1. The molecular weight excluding hydrogens is 777 g/mol. The summed E-state index contributed by atoms with van der Waals surface area (Å²) in [6.07, 6.45) is 0. The van der Waals surface area contributed by atoms with E-state index in [9.17, 15) is 0 Å². The Kier molecular flexibility index (Phi) is 10.2. The highest BCUT2D eigenvalue weighted by molar-refractivity contribution is 6.18. The number of imidazole rings is 1. The molecule has 0 aliphatic heterocycles. The van der Waals surface area contributed by atoms with E-state index in [0.29, 0.717) is 11.8 Å². The first-order valence-electron chi connectivity index (χ1n) is 23.4. The lowest BCUT2D eigenvalue weighted by Crippen LogP contribution is -2.12. The summed E-state index contributed by atoms with van der Waals surface area (Å²) in [6, 6.07) is 52.2. The maximum absolute atomic E-state index is 7.17. The van der Waals surface area contributed by atoms with E-state index < -0.39 is 0 Å². The Bertz CT molecular complexity index is 3360. The third-order valence-corrected chi connectivity index (χ3v) is 13.6. The van der Waals surface area contributed by atoms with Crippen molar-refractivity contribution >= 4 is 54.5 Å². The monoisotopic (exact) mass is 836 g/mol. The SMILES string of the molecule is CC(C)c1cc(-c2ccc(-c3cc(C(C)C)c(-n4c(-c5ccc(C(C)(C)C)c6c5oc5cc7c(ccc8ccccc87)cc56)nc5ccccc54)c(C(C)C)c3)cc2)cc(C(C)C)c1. The van der Waals surface area contributed by atoms with Crippen LogP contribution in [0.5, 0.6) is 0 Å². The van der Waals surface area contributed by atoms with E-state index in [0.717, 1.165) is 44.4 Å². The molecule has 64 heavy (non-hydrogen) atoms. The molecular formula is C61H60N2O. The third kappa shape index (κ3) is 7.01. The Labute approximate surface area is 378 Å². The minimum absolute atomic E-state index is 0.120. The fourth-order valence-corrected chi connectivity index (χ4v) is 9.97. The quantitative estimate of drug-likeness (QED) is 0.143. The molecule has 0 bridgehead atoms. The van der Waals surface area contributed by atoms with Gasteiger partial charge in [0.1, 0.15) is 17.0 Å². The smallest absolute Gasteiger partial charge is 0.149 e. The van der Waals surface area contributed by atoms with Gasteiger partial charge in [0, 0.05) is 10.8 Å². The van der Waals surface area contributed by atoms with Gasteiger partial charge in [-0.25, -0.2) is 4.98 Å². The van der Waals surface area contributed by atoms with Crippen molar-refractivity contribution in [2.45, 2.75) is 105 Å². The number of para-hydroxylation sites is 2. The Hall–Kier alpha value is -6.45. The maximum Gasteiger partial charge on any atom is 0.149 e. The van der Waals surface area contributed by atoms with E-state index in [4.69, 9.17) is 9.40 Å². The summed E-state index contributed by atoms with van der Waals surface area (Å²) in [5.41, 5.74) is 17.6. The highest BCUT2D eigenvalue weighted by Crippen LogP contribution is 2.46. The topological polar surface area (TPSA) is 31.0 Å². The van der Waals surface area contributed by atoms with Crippen LogP contribution in [0.3, 0.4) is 0 Å². The molecule has 10 rings (SSSR count).